The molecule has 1 aromatic rings. The van der Waals surface area contributed by atoms with Crippen molar-refractivity contribution in [2.75, 3.05) is 6.61 Å². The Balaban J connectivity index is 2.11. The largest absolute Gasteiger partial charge is 0.304 e. The first-order valence-electron chi connectivity index (χ1n) is 4.28. The lowest BCUT2D eigenvalue weighted by atomic mass is 10.1. The average Bonchev–Trinajstić information content (AvgIpc) is 2.47. The Morgan fingerprint density at radius 3 is 2.33 bits per heavy atom. The van der Waals surface area contributed by atoms with E-state index in [0.29, 0.717) is 12.5 Å². The summed E-state index contributed by atoms with van der Waals surface area (Å²) in [7, 11) is 0. The second-order valence-electron chi connectivity index (χ2n) is 3.38. The van der Waals surface area contributed by atoms with Gasteiger partial charge in [0.1, 0.15) is 0 Å². The maximum atomic E-state index is 5.04. The molecular formula is C10H13NO. The maximum Gasteiger partial charge on any atom is 0.0713 e. The smallest absolute Gasteiger partial charge is 0.0713 e. The first-order chi connectivity index (χ1) is 5.90. The third kappa shape index (κ3) is 1.36. The number of hydrogen-bond donors (Lipinski definition) is 1. The summed E-state index contributed by atoms with van der Waals surface area (Å²) >= 11 is 0. The van der Waals surface area contributed by atoms with E-state index < -0.39 is 0 Å². The Hall–Kier alpha value is -0.860. The van der Waals surface area contributed by atoms with Crippen LogP contribution in [0.2, 0.25) is 0 Å². The molecule has 0 atom stereocenters. The Kier molecular flexibility index (Phi) is 2.11. The van der Waals surface area contributed by atoms with Crippen LogP contribution >= 0.6 is 0 Å². The summed E-state index contributed by atoms with van der Waals surface area (Å²) in [6.45, 7) is 0.675. The van der Waals surface area contributed by atoms with E-state index in [0.717, 1.165) is 12.8 Å². The molecule has 2 nitrogen and oxygen atoms in total. The molecule has 0 fully saturated rings. The molecular weight excluding hydrogens is 150 g/mol. The van der Waals surface area contributed by atoms with E-state index in [4.69, 9.17) is 5.90 Å². The van der Waals surface area contributed by atoms with Crippen LogP contribution in [0.25, 0.3) is 0 Å². The summed E-state index contributed by atoms with van der Waals surface area (Å²) in [6, 6.07) is 8.55. The van der Waals surface area contributed by atoms with Gasteiger partial charge < -0.3 is 4.84 Å². The fourth-order valence-electron chi connectivity index (χ4n) is 1.90. The van der Waals surface area contributed by atoms with Gasteiger partial charge in [-0.3, -0.25) is 0 Å². The molecule has 0 saturated carbocycles. The molecule has 2 N–H and O–H groups in total. The topological polar surface area (TPSA) is 35.2 Å². The van der Waals surface area contributed by atoms with Gasteiger partial charge in [-0.05, 0) is 29.9 Å². The van der Waals surface area contributed by atoms with E-state index in [1.807, 2.05) is 0 Å². The number of fused-ring (bicyclic) bond motifs is 1. The van der Waals surface area contributed by atoms with Crippen molar-refractivity contribution in [1.82, 2.24) is 0 Å². The van der Waals surface area contributed by atoms with Crippen LogP contribution in [0, 0.1) is 5.92 Å². The standard InChI is InChI=1S/C10H13NO/c11-12-7-8-5-9-3-1-2-4-10(9)6-8/h1-4,8H,5-7,11H2. The van der Waals surface area contributed by atoms with Gasteiger partial charge in [-0.25, -0.2) is 5.90 Å². The molecule has 0 bridgehead atoms. The average molecular weight is 163 g/mol. The van der Waals surface area contributed by atoms with Crippen LogP contribution in [0.4, 0.5) is 0 Å². The summed E-state index contributed by atoms with van der Waals surface area (Å²) in [4.78, 5) is 4.66. The minimum Gasteiger partial charge on any atom is -0.304 e. The highest BCUT2D eigenvalue weighted by Crippen LogP contribution is 2.25. The van der Waals surface area contributed by atoms with Gasteiger partial charge in [-0.2, -0.15) is 0 Å². The number of benzene rings is 1. The minimum absolute atomic E-state index is 0.590. The summed E-state index contributed by atoms with van der Waals surface area (Å²) < 4.78 is 0. The van der Waals surface area contributed by atoms with Crippen LogP contribution < -0.4 is 5.90 Å². The fourth-order valence-corrected chi connectivity index (χ4v) is 1.90. The van der Waals surface area contributed by atoms with Crippen molar-refractivity contribution in [2.45, 2.75) is 12.8 Å². The second kappa shape index (κ2) is 3.25. The summed E-state index contributed by atoms with van der Waals surface area (Å²) in [5.74, 6) is 5.63. The van der Waals surface area contributed by atoms with Crippen LogP contribution in [0.1, 0.15) is 11.1 Å². The number of hydrogen-bond acceptors (Lipinski definition) is 2. The van der Waals surface area contributed by atoms with Crippen LogP contribution in [0.5, 0.6) is 0 Å². The molecule has 0 aromatic heterocycles. The van der Waals surface area contributed by atoms with E-state index >= 15 is 0 Å². The third-order valence-electron chi connectivity index (χ3n) is 2.47. The zero-order valence-electron chi connectivity index (χ0n) is 6.99. The highest BCUT2D eigenvalue weighted by Gasteiger charge is 2.20. The highest BCUT2D eigenvalue weighted by molar-refractivity contribution is 5.31. The zero-order chi connectivity index (χ0) is 8.39. The van der Waals surface area contributed by atoms with Crippen LogP contribution in [0.3, 0.4) is 0 Å². The third-order valence-corrected chi connectivity index (χ3v) is 2.47. The van der Waals surface area contributed by atoms with Crippen LogP contribution in [-0.4, -0.2) is 6.61 Å². The van der Waals surface area contributed by atoms with Crippen LogP contribution in [-0.2, 0) is 17.7 Å². The van der Waals surface area contributed by atoms with Gasteiger partial charge in [0.05, 0.1) is 6.61 Å². The predicted octanol–water partition coefficient (Wildman–Crippen LogP) is 1.29. The van der Waals surface area contributed by atoms with Crippen molar-refractivity contribution in [3.8, 4) is 0 Å². The monoisotopic (exact) mass is 163 g/mol. The Bertz CT molecular complexity index is 247. The lowest BCUT2D eigenvalue weighted by Crippen LogP contribution is -2.12. The van der Waals surface area contributed by atoms with E-state index in [-0.39, 0.29) is 0 Å². The zero-order valence-corrected chi connectivity index (χ0v) is 6.99. The maximum absolute atomic E-state index is 5.04. The minimum atomic E-state index is 0.590. The molecule has 0 spiro atoms. The molecule has 0 heterocycles. The molecule has 2 heteroatoms. The Morgan fingerprint density at radius 2 is 1.83 bits per heavy atom. The molecule has 12 heavy (non-hydrogen) atoms. The van der Waals surface area contributed by atoms with Gasteiger partial charge >= 0.3 is 0 Å². The lowest BCUT2D eigenvalue weighted by molar-refractivity contribution is 0.104. The SMILES string of the molecule is NOCC1Cc2ccccc2C1. The fraction of sp³-hybridized carbons (Fsp3) is 0.400. The molecule has 0 saturated heterocycles. The van der Waals surface area contributed by atoms with Gasteiger partial charge in [0.25, 0.3) is 0 Å². The number of nitrogens with two attached hydrogens (primary N) is 1. The van der Waals surface area contributed by atoms with Crippen molar-refractivity contribution in [3.05, 3.63) is 35.4 Å². The quantitative estimate of drug-likeness (QED) is 0.667. The molecule has 1 aliphatic carbocycles. The first-order valence-corrected chi connectivity index (χ1v) is 4.28. The molecule has 2 rings (SSSR count). The predicted molar refractivity (Wildman–Crippen MR) is 47.5 cm³/mol. The summed E-state index contributed by atoms with van der Waals surface area (Å²) in [6.07, 6.45) is 2.24. The van der Waals surface area contributed by atoms with Gasteiger partial charge in [0.2, 0.25) is 0 Å². The van der Waals surface area contributed by atoms with Gasteiger partial charge in [-0.1, -0.05) is 24.3 Å². The molecule has 1 aromatic carbocycles. The molecule has 0 aliphatic heterocycles. The molecule has 64 valence electrons. The summed E-state index contributed by atoms with van der Waals surface area (Å²) in [5, 5.41) is 0. The van der Waals surface area contributed by atoms with E-state index in [9.17, 15) is 0 Å². The van der Waals surface area contributed by atoms with E-state index in [1.54, 1.807) is 0 Å². The van der Waals surface area contributed by atoms with Crippen molar-refractivity contribution in [3.63, 3.8) is 0 Å². The van der Waals surface area contributed by atoms with Crippen molar-refractivity contribution in [2.24, 2.45) is 11.8 Å². The highest BCUT2D eigenvalue weighted by atomic mass is 16.6. The van der Waals surface area contributed by atoms with Gasteiger partial charge in [0, 0.05) is 0 Å². The van der Waals surface area contributed by atoms with E-state index in [1.165, 1.54) is 11.1 Å². The second-order valence-corrected chi connectivity index (χ2v) is 3.38. The van der Waals surface area contributed by atoms with Gasteiger partial charge in [0.15, 0.2) is 0 Å². The van der Waals surface area contributed by atoms with E-state index in [2.05, 4.69) is 29.1 Å². The Labute approximate surface area is 72.3 Å². The van der Waals surface area contributed by atoms with Crippen LogP contribution in [0.15, 0.2) is 24.3 Å². The Morgan fingerprint density at radius 1 is 1.25 bits per heavy atom. The molecule has 0 amide bonds. The van der Waals surface area contributed by atoms with Crippen molar-refractivity contribution in [1.29, 1.82) is 0 Å². The first kappa shape index (κ1) is 7.77. The normalized spacial score (nSPS) is 16.4. The molecule has 0 radical (unpaired) electrons. The van der Waals surface area contributed by atoms with Gasteiger partial charge in [-0.15, -0.1) is 0 Å². The summed E-state index contributed by atoms with van der Waals surface area (Å²) in [5.41, 5.74) is 2.92. The molecule has 1 aliphatic rings. The number of rotatable bonds is 2. The molecule has 0 unspecified atom stereocenters. The van der Waals surface area contributed by atoms with Crippen molar-refractivity contribution >= 4 is 0 Å². The lowest BCUT2D eigenvalue weighted by Gasteiger charge is -2.04. The van der Waals surface area contributed by atoms with Crippen molar-refractivity contribution < 1.29 is 4.84 Å².